The van der Waals surface area contributed by atoms with Crippen LogP contribution < -0.4 is 4.90 Å². The topological polar surface area (TPSA) is 37.2 Å². The molecule has 2 aromatic heterocycles. The van der Waals surface area contributed by atoms with Crippen molar-refractivity contribution in [3.05, 3.63) is 77.5 Å². The first-order valence-electron chi connectivity index (χ1n) is 9.77. The monoisotopic (exact) mass is 449 g/mol. The van der Waals surface area contributed by atoms with E-state index in [-0.39, 0.29) is 18.2 Å². The maximum atomic E-state index is 14.0. The molecule has 1 saturated heterocycles. The summed E-state index contributed by atoms with van der Waals surface area (Å²) in [6.45, 7) is 5.60. The molecule has 4 rings (SSSR count). The van der Waals surface area contributed by atoms with Crippen LogP contribution in [0.15, 0.2) is 48.8 Å². The van der Waals surface area contributed by atoms with Gasteiger partial charge in [-0.05, 0) is 31.2 Å². The smallest absolute Gasteiger partial charge is 0.189 e. The van der Waals surface area contributed by atoms with Crippen LogP contribution in [-0.2, 0) is 0 Å². The van der Waals surface area contributed by atoms with E-state index in [4.69, 9.17) is 0 Å². The van der Waals surface area contributed by atoms with Gasteiger partial charge in [0.2, 0.25) is 0 Å². The molecular formula is C22H23ClF3N5. The first kappa shape index (κ1) is 22.8. The van der Waals surface area contributed by atoms with Gasteiger partial charge in [0.1, 0.15) is 11.6 Å². The zero-order valence-corrected chi connectivity index (χ0v) is 17.8. The summed E-state index contributed by atoms with van der Waals surface area (Å²) in [7, 11) is 0. The Hall–Kier alpha value is -2.84. The molecule has 0 saturated carbocycles. The Bertz CT molecular complexity index is 1040. The summed E-state index contributed by atoms with van der Waals surface area (Å²) in [5, 5.41) is 4.25. The van der Waals surface area contributed by atoms with Gasteiger partial charge < -0.3 is 4.90 Å². The second kappa shape index (κ2) is 9.98. The molecule has 3 aromatic rings. The molecule has 0 atom stereocenters. The van der Waals surface area contributed by atoms with Crippen LogP contribution in [0.1, 0.15) is 11.3 Å². The Balaban J connectivity index is 0.00000272. The molecule has 3 heterocycles. The Morgan fingerprint density at radius 3 is 2.42 bits per heavy atom. The molecule has 1 aliphatic heterocycles. The Morgan fingerprint density at radius 2 is 1.74 bits per heavy atom. The predicted molar refractivity (Wildman–Crippen MR) is 117 cm³/mol. The fourth-order valence-corrected chi connectivity index (χ4v) is 3.57. The number of nitrogens with zero attached hydrogens (tertiary/aromatic N) is 5. The van der Waals surface area contributed by atoms with Crippen molar-refractivity contribution in [3.8, 4) is 5.82 Å². The number of pyridine rings is 1. The van der Waals surface area contributed by atoms with Gasteiger partial charge in [0.15, 0.2) is 11.6 Å². The minimum Gasteiger partial charge on any atom is -0.369 e. The lowest BCUT2D eigenvalue weighted by Gasteiger charge is -2.35. The van der Waals surface area contributed by atoms with Gasteiger partial charge >= 0.3 is 0 Å². The lowest BCUT2D eigenvalue weighted by Crippen LogP contribution is -2.46. The van der Waals surface area contributed by atoms with Crippen molar-refractivity contribution in [2.24, 2.45) is 0 Å². The second-order valence-electron chi connectivity index (χ2n) is 7.22. The Labute approximate surface area is 185 Å². The third-order valence-corrected chi connectivity index (χ3v) is 5.23. The van der Waals surface area contributed by atoms with Crippen LogP contribution in [0.5, 0.6) is 0 Å². The normalized spacial score (nSPS) is 14.8. The van der Waals surface area contributed by atoms with Crippen molar-refractivity contribution in [2.75, 3.05) is 37.6 Å². The third-order valence-electron chi connectivity index (χ3n) is 5.23. The number of benzene rings is 1. The van der Waals surface area contributed by atoms with Gasteiger partial charge in [-0.25, -0.2) is 22.8 Å². The van der Waals surface area contributed by atoms with Crippen molar-refractivity contribution in [1.29, 1.82) is 0 Å². The number of aromatic nitrogens is 3. The van der Waals surface area contributed by atoms with E-state index in [0.717, 1.165) is 37.0 Å². The van der Waals surface area contributed by atoms with Crippen LogP contribution in [0.2, 0.25) is 0 Å². The molecule has 0 radical (unpaired) electrons. The number of halogens is 4. The average molecular weight is 450 g/mol. The number of rotatable bonds is 5. The van der Waals surface area contributed by atoms with Crippen molar-refractivity contribution in [1.82, 2.24) is 19.7 Å². The van der Waals surface area contributed by atoms with Gasteiger partial charge in [0.25, 0.3) is 0 Å². The molecule has 1 aromatic carbocycles. The maximum Gasteiger partial charge on any atom is 0.189 e. The average Bonchev–Trinajstić information content (AvgIpc) is 3.08. The van der Waals surface area contributed by atoms with Crippen molar-refractivity contribution >= 4 is 24.2 Å². The molecule has 0 amide bonds. The van der Waals surface area contributed by atoms with E-state index >= 15 is 0 Å². The van der Waals surface area contributed by atoms with E-state index in [2.05, 4.69) is 15.0 Å². The molecule has 31 heavy (non-hydrogen) atoms. The van der Waals surface area contributed by atoms with Crippen LogP contribution in [0, 0.1) is 24.4 Å². The summed E-state index contributed by atoms with van der Waals surface area (Å²) in [6, 6.07) is 6.52. The van der Waals surface area contributed by atoms with Gasteiger partial charge in [0, 0.05) is 56.2 Å². The summed E-state index contributed by atoms with van der Waals surface area (Å²) >= 11 is 0. The molecule has 0 aliphatic carbocycles. The highest BCUT2D eigenvalue weighted by Gasteiger charge is 2.17. The van der Waals surface area contributed by atoms with Crippen molar-refractivity contribution < 1.29 is 13.2 Å². The SMILES string of the molecule is Cc1c(/C=C/CN2CCN(c3cc(F)cc(F)c3)CC2)cnn1-c1ncccc1F.Cl. The molecule has 1 fully saturated rings. The molecule has 0 spiro atoms. The van der Waals surface area contributed by atoms with Crippen LogP contribution in [0.25, 0.3) is 11.9 Å². The number of anilines is 1. The quantitative estimate of drug-likeness (QED) is 0.583. The molecule has 9 heteroatoms. The maximum absolute atomic E-state index is 14.0. The largest absolute Gasteiger partial charge is 0.369 e. The fraction of sp³-hybridized carbons (Fsp3) is 0.273. The molecule has 1 aliphatic rings. The van der Waals surface area contributed by atoms with Gasteiger partial charge in [-0.3, -0.25) is 4.90 Å². The van der Waals surface area contributed by atoms with E-state index < -0.39 is 17.5 Å². The van der Waals surface area contributed by atoms with Crippen LogP contribution in [-0.4, -0.2) is 52.4 Å². The zero-order valence-electron chi connectivity index (χ0n) is 17.0. The molecular weight excluding hydrogens is 427 g/mol. The summed E-state index contributed by atoms with van der Waals surface area (Å²) in [4.78, 5) is 8.31. The summed E-state index contributed by atoms with van der Waals surface area (Å²) in [5.41, 5.74) is 2.28. The minimum atomic E-state index is -0.558. The molecule has 0 N–H and O–H groups in total. The van der Waals surface area contributed by atoms with Gasteiger partial charge in [-0.15, -0.1) is 12.4 Å². The highest BCUT2D eigenvalue weighted by atomic mass is 35.5. The lowest BCUT2D eigenvalue weighted by atomic mass is 10.2. The van der Waals surface area contributed by atoms with E-state index in [0.29, 0.717) is 18.8 Å². The van der Waals surface area contributed by atoms with Gasteiger partial charge in [-0.1, -0.05) is 12.2 Å². The highest BCUT2D eigenvalue weighted by molar-refractivity contribution is 5.85. The number of hydrogen-bond acceptors (Lipinski definition) is 4. The predicted octanol–water partition coefficient (Wildman–Crippen LogP) is 4.25. The fourth-order valence-electron chi connectivity index (χ4n) is 3.57. The second-order valence-corrected chi connectivity index (χ2v) is 7.22. The zero-order chi connectivity index (χ0) is 21.1. The van der Waals surface area contributed by atoms with Gasteiger partial charge in [0.05, 0.1) is 11.9 Å². The summed E-state index contributed by atoms with van der Waals surface area (Å²) in [5.74, 6) is -1.36. The minimum absolute atomic E-state index is 0. The number of piperazine rings is 1. The Morgan fingerprint density at radius 1 is 1.03 bits per heavy atom. The first-order valence-corrected chi connectivity index (χ1v) is 9.77. The molecule has 0 bridgehead atoms. The standard InChI is InChI=1S/C22H22F3N5.ClH/c1-16-17(15-27-30(16)22-21(25)5-2-6-26-22)4-3-7-28-8-10-29(11-9-28)20-13-18(23)12-19(24)14-20;/h2-6,12-15H,7-11H2,1H3;1H/b4-3+;. The van der Waals surface area contributed by atoms with Crippen molar-refractivity contribution in [2.45, 2.75) is 6.92 Å². The van der Waals surface area contributed by atoms with Crippen LogP contribution in [0.4, 0.5) is 18.9 Å². The van der Waals surface area contributed by atoms with Gasteiger partial charge in [-0.2, -0.15) is 5.10 Å². The van der Waals surface area contributed by atoms with Crippen molar-refractivity contribution in [3.63, 3.8) is 0 Å². The van der Waals surface area contributed by atoms with E-state index in [1.54, 1.807) is 12.3 Å². The highest BCUT2D eigenvalue weighted by Crippen LogP contribution is 2.20. The van der Waals surface area contributed by atoms with Crippen LogP contribution >= 0.6 is 12.4 Å². The van der Waals surface area contributed by atoms with E-state index in [1.165, 1.54) is 29.1 Å². The van der Waals surface area contributed by atoms with E-state index in [1.807, 2.05) is 24.0 Å². The third kappa shape index (κ3) is 5.26. The molecule has 5 nitrogen and oxygen atoms in total. The van der Waals surface area contributed by atoms with E-state index in [9.17, 15) is 13.2 Å². The summed E-state index contributed by atoms with van der Waals surface area (Å²) < 4.78 is 42.3. The number of hydrogen-bond donors (Lipinski definition) is 0. The summed E-state index contributed by atoms with van der Waals surface area (Å²) in [6.07, 6.45) is 7.23. The molecule has 164 valence electrons. The lowest BCUT2D eigenvalue weighted by molar-refractivity contribution is 0.284. The molecule has 0 unspecified atom stereocenters. The Kier molecular flexibility index (Phi) is 7.35. The van der Waals surface area contributed by atoms with Crippen LogP contribution in [0.3, 0.4) is 0 Å². The first-order chi connectivity index (χ1) is 14.5.